The molecule has 2 fully saturated rings. The van der Waals surface area contributed by atoms with Crippen molar-refractivity contribution in [2.75, 3.05) is 31.1 Å². The van der Waals surface area contributed by atoms with Gasteiger partial charge < -0.3 is 15.1 Å². The molecule has 0 unspecified atom stereocenters. The summed E-state index contributed by atoms with van der Waals surface area (Å²) in [5.74, 6) is 0.507. The smallest absolute Gasteiger partial charge is 0.290 e. The van der Waals surface area contributed by atoms with Crippen LogP contribution in [-0.4, -0.2) is 53.4 Å². The summed E-state index contributed by atoms with van der Waals surface area (Å²) in [6, 6.07) is 10.4. The second kappa shape index (κ2) is 9.78. The van der Waals surface area contributed by atoms with Gasteiger partial charge in [-0.3, -0.25) is 9.69 Å². The number of anilines is 1. The highest BCUT2D eigenvalue weighted by atomic mass is 35.5. The van der Waals surface area contributed by atoms with Crippen LogP contribution in [-0.2, 0) is 11.3 Å². The number of hydrogen-bond acceptors (Lipinski definition) is 4. The highest BCUT2D eigenvalue weighted by Gasteiger charge is 2.39. The maximum absolute atomic E-state index is 10.3. The van der Waals surface area contributed by atoms with E-state index in [9.17, 15) is 5.11 Å². The molecule has 168 valence electrons. The van der Waals surface area contributed by atoms with Gasteiger partial charge in [0.15, 0.2) is 0 Å². The zero-order valence-electron chi connectivity index (χ0n) is 18.2. The lowest BCUT2D eigenvalue weighted by molar-refractivity contribution is -0.122. The van der Waals surface area contributed by atoms with Gasteiger partial charge in [-0.1, -0.05) is 48.3 Å². The molecule has 0 amide bonds. The third-order valence-corrected chi connectivity index (χ3v) is 7.01. The second-order valence-corrected chi connectivity index (χ2v) is 9.45. The first-order valence-corrected chi connectivity index (χ1v) is 11.3. The average molecular weight is 465 g/mol. The minimum Gasteiger partial charge on any atom is -0.483 e. The van der Waals surface area contributed by atoms with E-state index in [0.717, 1.165) is 54.9 Å². The molecule has 31 heavy (non-hydrogen) atoms. The second-order valence-electron chi connectivity index (χ2n) is 8.63. The first-order valence-electron chi connectivity index (χ1n) is 10.5. The van der Waals surface area contributed by atoms with Gasteiger partial charge in [-0.25, -0.2) is 0 Å². The quantitative estimate of drug-likeness (QED) is 0.617. The summed E-state index contributed by atoms with van der Waals surface area (Å²) in [4.78, 5) is 13.0. The van der Waals surface area contributed by atoms with Crippen molar-refractivity contribution in [1.82, 2.24) is 4.90 Å². The Hall–Kier alpha value is -1.79. The molecule has 2 aromatic carbocycles. The van der Waals surface area contributed by atoms with Gasteiger partial charge in [0.05, 0.1) is 21.3 Å². The van der Waals surface area contributed by atoms with E-state index in [0.29, 0.717) is 5.92 Å². The lowest BCUT2D eigenvalue weighted by Gasteiger charge is -2.46. The maximum Gasteiger partial charge on any atom is 0.290 e. The summed E-state index contributed by atoms with van der Waals surface area (Å²) in [6.07, 6.45) is 0.827. The highest BCUT2D eigenvalue weighted by Crippen LogP contribution is 2.40. The Labute approximate surface area is 194 Å². The van der Waals surface area contributed by atoms with Gasteiger partial charge in [0.1, 0.15) is 0 Å². The van der Waals surface area contributed by atoms with Crippen molar-refractivity contribution in [1.29, 1.82) is 0 Å². The van der Waals surface area contributed by atoms with Crippen LogP contribution in [0.2, 0.25) is 10.0 Å². The molecule has 5 nitrogen and oxygen atoms in total. The lowest BCUT2D eigenvalue weighted by atomic mass is 9.86. The number of rotatable bonds is 5. The normalized spacial score (nSPS) is 17.9. The molecule has 0 bridgehead atoms. The van der Waals surface area contributed by atoms with Crippen LogP contribution in [0.15, 0.2) is 30.3 Å². The van der Waals surface area contributed by atoms with Crippen LogP contribution in [0.4, 0.5) is 5.69 Å². The van der Waals surface area contributed by atoms with Crippen molar-refractivity contribution in [3.63, 3.8) is 0 Å². The number of β-amino-alcohol motifs (C(OH)–C–C–N with tert-alkyl or cyclic N) is 1. The molecule has 0 atom stereocenters. The summed E-state index contributed by atoms with van der Waals surface area (Å²) in [7, 11) is 0. The number of aryl methyl sites for hydroxylation is 2. The Kier molecular flexibility index (Phi) is 7.53. The van der Waals surface area contributed by atoms with Gasteiger partial charge in [0.25, 0.3) is 6.47 Å². The SMILES string of the molecule is CCC1(O)CN(Cc2c(C)cc(C3CN(c4c(Cl)cccc4Cl)C3)cc2C)C1.O=CO. The van der Waals surface area contributed by atoms with Crippen LogP contribution in [0.5, 0.6) is 0 Å². The van der Waals surface area contributed by atoms with Crippen LogP contribution in [0.25, 0.3) is 0 Å². The molecule has 2 aliphatic rings. The van der Waals surface area contributed by atoms with E-state index in [1.807, 2.05) is 18.2 Å². The molecule has 0 saturated carbocycles. The van der Waals surface area contributed by atoms with Crippen molar-refractivity contribution >= 4 is 35.4 Å². The Morgan fingerprint density at radius 1 is 1.13 bits per heavy atom. The first-order chi connectivity index (χ1) is 14.7. The molecular formula is C24H30Cl2N2O3. The van der Waals surface area contributed by atoms with Crippen LogP contribution in [0.1, 0.15) is 41.5 Å². The van der Waals surface area contributed by atoms with E-state index in [2.05, 4.69) is 42.7 Å². The molecule has 2 saturated heterocycles. The minimum atomic E-state index is -0.475. The van der Waals surface area contributed by atoms with E-state index in [-0.39, 0.29) is 6.47 Å². The number of likely N-dealkylation sites (tertiary alicyclic amines) is 1. The summed E-state index contributed by atoms with van der Waals surface area (Å²) in [5.41, 5.74) is 5.96. The summed E-state index contributed by atoms with van der Waals surface area (Å²) in [6.45, 7) is 10.6. The Balaban J connectivity index is 0.000000858. The summed E-state index contributed by atoms with van der Waals surface area (Å²) < 4.78 is 0. The predicted octanol–water partition coefficient (Wildman–Crippen LogP) is 4.87. The number of carbonyl (C=O) groups is 1. The number of halogens is 2. The van der Waals surface area contributed by atoms with E-state index in [4.69, 9.17) is 33.1 Å². The third-order valence-electron chi connectivity index (χ3n) is 6.40. The fraction of sp³-hybridized carbons (Fsp3) is 0.458. The van der Waals surface area contributed by atoms with E-state index < -0.39 is 5.60 Å². The molecule has 2 aromatic rings. The van der Waals surface area contributed by atoms with Gasteiger partial charge >= 0.3 is 0 Å². The molecule has 2 heterocycles. The standard InChI is InChI=1S/C23H28Cl2N2O.CH2O2/c1-4-23(28)13-26(14-23)12-19-15(2)8-17(9-16(19)3)18-10-27(11-18)22-20(24)6-5-7-21(22)25;2-1-3/h5-9,18,28H,4,10-14H2,1-3H3;1H,(H,2,3). The largest absolute Gasteiger partial charge is 0.483 e. The summed E-state index contributed by atoms with van der Waals surface area (Å²) >= 11 is 12.7. The fourth-order valence-electron chi connectivity index (χ4n) is 4.52. The molecule has 0 aromatic heterocycles. The predicted molar refractivity (Wildman–Crippen MR) is 127 cm³/mol. The van der Waals surface area contributed by atoms with E-state index >= 15 is 0 Å². The summed E-state index contributed by atoms with van der Waals surface area (Å²) in [5, 5.41) is 18.6. The molecule has 7 heteroatoms. The van der Waals surface area contributed by atoms with Crippen molar-refractivity contribution < 1.29 is 15.0 Å². The molecule has 4 rings (SSSR count). The number of nitrogens with zero attached hydrogens (tertiary/aromatic N) is 2. The Morgan fingerprint density at radius 3 is 2.13 bits per heavy atom. The third kappa shape index (κ3) is 5.17. The van der Waals surface area contributed by atoms with E-state index in [1.54, 1.807) is 0 Å². The Morgan fingerprint density at radius 2 is 1.65 bits per heavy atom. The topological polar surface area (TPSA) is 64.0 Å². The zero-order valence-corrected chi connectivity index (χ0v) is 19.7. The number of hydrogen-bond donors (Lipinski definition) is 2. The van der Waals surface area contributed by atoms with Crippen LogP contribution in [0.3, 0.4) is 0 Å². The monoisotopic (exact) mass is 464 g/mol. The van der Waals surface area contributed by atoms with Crippen molar-refractivity contribution in [3.05, 3.63) is 62.6 Å². The zero-order chi connectivity index (χ0) is 22.8. The van der Waals surface area contributed by atoms with Crippen molar-refractivity contribution in [2.24, 2.45) is 0 Å². The van der Waals surface area contributed by atoms with Gasteiger partial charge in [-0.2, -0.15) is 0 Å². The Bertz CT molecular complexity index is 895. The molecule has 0 spiro atoms. The molecule has 2 N–H and O–H groups in total. The number of aliphatic hydroxyl groups is 1. The number of para-hydroxylation sites is 1. The first kappa shape index (κ1) is 23.9. The van der Waals surface area contributed by atoms with Crippen LogP contribution in [0, 0.1) is 13.8 Å². The maximum atomic E-state index is 10.3. The average Bonchev–Trinajstić information content (AvgIpc) is 2.64. The lowest BCUT2D eigenvalue weighted by Crippen LogP contribution is -2.60. The van der Waals surface area contributed by atoms with Gasteiger partial charge in [-0.05, 0) is 54.7 Å². The van der Waals surface area contributed by atoms with Crippen LogP contribution >= 0.6 is 23.2 Å². The van der Waals surface area contributed by atoms with Crippen molar-refractivity contribution in [2.45, 2.75) is 45.3 Å². The minimum absolute atomic E-state index is 0.250. The van der Waals surface area contributed by atoms with Crippen LogP contribution < -0.4 is 4.90 Å². The van der Waals surface area contributed by atoms with Crippen molar-refractivity contribution in [3.8, 4) is 0 Å². The molecule has 2 aliphatic heterocycles. The highest BCUT2D eigenvalue weighted by molar-refractivity contribution is 6.39. The van der Waals surface area contributed by atoms with E-state index in [1.165, 1.54) is 22.3 Å². The van der Waals surface area contributed by atoms with Gasteiger partial charge in [0, 0.05) is 38.6 Å². The fourth-order valence-corrected chi connectivity index (χ4v) is 5.16. The molecular weight excluding hydrogens is 435 g/mol. The molecule has 0 aliphatic carbocycles. The number of carboxylic acid groups (broad SMARTS) is 1. The van der Waals surface area contributed by atoms with Gasteiger partial charge in [-0.15, -0.1) is 0 Å². The molecule has 0 radical (unpaired) electrons. The van der Waals surface area contributed by atoms with Gasteiger partial charge in [0.2, 0.25) is 0 Å². The number of benzene rings is 2.